The highest BCUT2D eigenvalue weighted by atomic mass is 16.5. The fourth-order valence-electron chi connectivity index (χ4n) is 3.65. The molecule has 6 nitrogen and oxygen atoms in total. The Hall–Kier alpha value is -3.98. The van der Waals surface area contributed by atoms with Gasteiger partial charge in [0, 0.05) is 18.3 Å². The molecule has 6 heteroatoms. The van der Waals surface area contributed by atoms with Crippen molar-refractivity contribution in [2.45, 2.75) is 31.8 Å². The van der Waals surface area contributed by atoms with Gasteiger partial charge in [-0.1, -0.05) is 30.3 Å². The summed E-state index contributed by atoms with van der Waals surface area (Å²) < 4.78 is 8.06. The van der Waals surface area contributed by atoms with E-state index in [9.17, 15) is 10.4 Å². The largest absolute Gasteiger partial charge is 0.508 e. The van der Waals surface area contributed by atoms with Crippen molar-refractivity contribution in [1.82, 2.24) is 9.55 Å². The second kappa shape index (κ2) is 10.4. The van der Waals surface area contributed by atoms with E-state index in [1.165, 1.54) is 5.52 Å². The number of anilines is 1. The van der Waals surface area contributed by atoms with E-state index >= 15 is 0 Å². The third kappa shape index (κ3) is 5.38. The molecule has 2 N–H and O–H groups in total. The minimum Gasteiger partial charge on any atom is -0.508 e. The zero-order valence-electron chi connectivity index (χ0n) is 17.8. The predicted molar refractivity (Wildman–Crippen MR) is 126 cm³/mol. The minimum absolute atomic E-state index is 0.161. The molecule has 0 aliphatic rings. The number of hydrogen-bond donors (Lipinski definition) is 2. The van der Waals surface area contributed by atoms with Crippen LogP contribution < -0.4 is 10.1 Å². The highest BCUT2D eigenvalue weighted by Gasteiger charge is 2.11. The molecule has 0 radical (unpaired) electrons. The molecule has 162 valence electrons. The fraction of sp³-hybridized carbons (Fsp3) is 0.231. The van der Waals surface area contributed by atoms with Crippen LogP contribution in [0.1, 0.15) is 30.9 Å². The molecule has 32 heavy (non-hydrogen) atoms. The first kappa shape index (κ1) is 21.3. The number of aryl methyl sites for hydroxylation is 1. The fourth-order valence-corrected chi connectivity index (χ4v) is 3.65. The summed E-state index contributed by atoms with van der Waals surface area (Å²) in [5, 5.41) is 22.2. The number of unbranched alkanes of at least 4 members (excludes halogenated alkanes) is 2. The number of aromatic hydroxyl groups is 1. The zero-order chi connectivity index (χ0) is 22.2. The number of benzene rings is 3. The van der Waals surface area contributed by atoms with E-state index in [0.717, 1.165) is 42.6 Å². The first-order chi connectivity index (χ1) is 15.7. The van der Waals surface area contributed by atoms with Crippen molar-refractivity contribution in [2.75, 3.05) is 11.9 Å². The number of phenolic OH excluding ortho intramolecular Hbond substituents is 1. The SMILES string of the molecule is N#CC(Nc1cccc(O)c1)c1ccc(OCCCCCn2cnc3ccccc32)cc1. The van der Waals surface area contributed by atoms with Gasteiger partial charge in [-0.2, -0.15) is 5.26 Å². The van der Waals surface area contributed by atoms with Crippen LogP contribution in [0, 0.1) is 11.3 Å². The van der Waals surface area contributed by atoms with Crippen molar-refractivity contribution in [3.63, 3.8) is 0 Å². The van der Waals surface area contributed by atoms with Crippen molar-refractivity contribution < 1.29 is 9.84 Å². The van der Waals surface area contributed by atoms with Crippen LogP contribution >= 0.6 is 0 Å². The number of nitrogens with one attached hydrogen (secondary N) is 1. The van der Waals surface area contributed by atoms with Crippen LogP contribution in [0.4, 0.5) is 5.69 Å². The summed E-state index contributed by atoms with van der Waals surface area (Å²) in [5.74, 6) is 0.956. The number of rotatable bonds is 10. The van der Waals surface area contributed by atoms with Crippen LogP contribution in [0.5, 0.6) is 11.5 Å². The van der Waals surface area contributed by atoms with Crippen molar-refractivity contribution in [1.29, 1.82) is 5.26 Å². The quantitative estimate of drug-likeness (QED) is 0.319. The first-order valence-electron chi connectivity index (χ1n) is 10.8. The lowest BCUT2D eigenvalue weighted by Crippen LogP contribution is -2.08. The van der Waals surface area contributed by atoms with Gasteiger partial charge >= 0.3 is 0 Å². The molecule has 0 saturated heterocycles. The summed E-state index contributed by atoms with van der Waals surface area (Å²) >= 11 is 0. The van der Waals surface area contributed by atoms with Crippen molar-refractivity contribution >= 4 is 16.7 Å². The van der Waals surface area contributed by atoms with Gasteiger partial charge in [0.25, 0.3) is 0 Å². The molecule has 1 atom stereocenters. The van der Waals surface area contributed by atoms with Gasteiger partial charge in [-0.3, -0.25) is 0 Å². The molecule has 1 heterocycles. The minimum atomic E-state index is -0.509. The van der Waals surface area contributed by atoms with Gasteiger partial charge in [0.05, 0.1) is 30.0 Å². The molecule has 1 unspecified atom stereocenters. The summed E-state index contributed by atoms with van der Waals surface area (Å²) in [6.45, 7) is 1.62. The lowest BCUT2D eigenvalue weighted by Gasteiger charge is -2.14. The van der Waals surface area contributed by atoms with Crippen LogP contribution in [0.2, 0.25) is 0 Å². The van der Waals surface area contributed by atoms with Crippen molar-refractivity contribution in [3.05, 3.63) is 84.7 Å². The Balaban J connectivity index is 1.20. The Bertz CT molecular complexity index is 1190. The van der Waals surface area contributed by atoms with E-state index in [4.69, 9.17) is 4.74 Å². The Morgan fingerprint density at radius 3 is 2.66 bits per heavy atom. The molecule has 3 aromatic carbocycles. The Morgan fingerprint density at radius 2 is 1.84 bits per heavy atom. The average Bonchev–Trinajstić information content (AvgIpc) is 3.23. The molecule has 0 aliphatic heterocycles. The molecule has 0 amide bonds. The molecule has 0 saturated carbocycles. The van der Waals surface area contributed by atoms with E-state index in [1.54, 1.807) is 18.2 Å². The molecule has 0 spiro atoms. The number of imidazole rings is 1. The maximum atomic E-state index is 9.59. The number of nitrogens with zero attached hydrogens (tertiary/aromatic N) is 3. The summed E-state index contributed by atoms with van der Waals surface area (Å²) in [4.78, 5) is 4.43. The Labute approximate surface area is 187 Å². The van der Waals surface area contributed by atoms with Gasteiger partial charge in [-0.05, 0) is 61.2 Å². The highest BCUT2D eigenvalue weighted by molar-refractivity contribution is 5.74. The number of hydrogen-bond acceptors (Lipinski definition) is 5. The van der Waals surface area contributed by atoms with E-state index in [1.807, 2.05) is 54.9 Å². The molecule has 0 fully saturated rings. The Morgan fingerprint density at radius 1 is 1.00 bits per heavy atom. The van der Waals surface area contributed by atoms with Crippen molar-refractivity contribution in [2.24, 2.45) is 0 Å². The zero-order valence-corrected chi connectivity index (χ0v) is 17.8. The van der Waals surface area contributed by atoms with E-state index in [0.29, 0.717) is 12.3 Å². The normalized spacial score (nSPS) is 11.7. The molecule has 0 aliphatic carbocycles. The summed E-state index contributed by atoms with van der Waals surface area (Å²) in [5.41, 5.74) is 3.75. The molecule has 4 aromatic rings. The second-order valence-electron chi connectivity index (χ2n) is 7.66. The van der Waals surface area contributed by atoms with Crippen LogP contribution in [-0.2, 0) is 6.54 Å². The van der Waals surface area contributed by atoms with Gasteiger partial charge in [0.1, 0.15) is 17.5 Å². The number of nitriles is 1. The van der Waals surface area contributed by atoms with Crippen molar-refractivity contribution in [3.8, 4) is 17.6 Å². The maximum absolute atomic E-state index is 9.59. The summed E-state index contributed by atoms with van der Waals surface area (Å²) in [7, 11) is 0. The predicted octanol–water partition coefficient (Wildman–Crippen LogP) is 5.67. The average molecular weight is 427 g/mol. The van der Waals surface area contributed by atoms with Gasteiger partial charge in [-0.15, -0.1) is 0 Å². The maximum Gasteiger partial charge on any atom is 0.140 e. The summed E-state index contributed by atoms with van der Waals surface area (Å²) in [6.07, 6.45) is 5.04. The van der Waals surface area contributed by atoms with Gasteiger partial charge in [-0.25, -0.2) is 4.98 Å². The molecule has 4 rings (SSSR count). The molecule has 1 aromatic heterocycles. The number of aromatic nitrogens is 2. The van der Waals surface area contributed by atoms with Gasteiger partial charge in [0.2, 0.25) is 0 Å². The Kier molecular flexibility index (Phi) is 6.88. The molecule has 0 bridgehead atoms. The second-order valence-corrected chi connectivity index (χ2v) is 7.66. The highest BCUT2D eigenvalue weighted by Crippen LogP contribution is 2.24. The third-order valence-electron chi connectivity index (χ3n) is 5.34. The van der Waals surface area contributed by atoms with E-state index in [2.05, 4.69) is 27.0 Å². The van der Waals surface area contributed by atoms with Crippen LogP contribution in [0.15, 0.2) is 79.1 Å². The van der Waals surface area contributed by atoms with Gasteiger partial charge < -0.3 is 19.7 Å². The molecular formula is C26H26N4O2. The topological polar surface area (TPSA) is 83.1 Å². The molecular weight excluding hydrogens is 400 g/mol. The number of ether oxygens (including phenoxy) is 1. The lowest BCUT2D eigenvalue weighted by molar-refractivity contribution is 0.304. The third-order valence-corrected chi connectivity index (χ3v) is 5.34. The smallest absolute Gasteiger partial charge is 0.140 e. The number of fused-ring (bicyclic) bond motifs is 1. The lowest BCUT2D eigenvalue weighted by atomic mass is 10.1. The van der Waals surface area contributed by atoms with Gasteiger partial charge in [0.15, 0.2) is 0 Å². The first-order valence-corrected chi connectivity index (χ1v) is 10.8. The van der Waals surface area contributed by atoms with Crippen LogP contribution in [0.3, 0.4) is 0 Å². The monoisotopic (exact) mass is 426 g/mol. The summed E-state index contributed by atoms with van der Waals surface area (Å²) in [6, 6.07) is 24.2. The van der Waals surface area contributed by atoms with Crippen LogP contribution in [0.25, 0.3) is 11.0 Å². The number of para-hydroxylation sites is 2. The van der Waals surface area contributed by atoms with E-state index < -0.39 is 6.04 Å². The number of phenols is 1. The standard InChI is InChI=1S/C26H26N4O2/c27-18-25(29-21-7-6-8-22(31)17-21)20-11-13-23(14-12-20)32-16-5-1-4-15-30-19-28-24-9-2-3-10-26(24)30/h2-3,6-14,17,19,25,29,31H,1,4-5,15-16H2. The van der Waals surface area contributed by atoms with Crippen LogP contribution in [-0.4, -0.2) is 21.3 Å². The van der Waals surface area contributed by atoms with E-state index in [-0.39, 0.29) is 5.75 Å².